The average Bonchev–Trinajstić information content (AvgIpc) is 2.72. The summed E-state index contributed by atoms with van der Waals surface area (Å²) in [5.74, 6) is -0.437. The van der Waals surface area contributed by atoms with E-state index in [1.54, 1.807) is 30.3 Å². The minimum Gasteiger partial charge on any atom is -0.373 e. The molecule has 0 atom stereocenters. The van der Waals surface area contributed by atoms with Crippen molar-refractivity contribution in [3.63, 3.8) is 0 Å². The standard InChI is InChI=1S/C21H28FN5O/c1-24-9-7-18(8-10-24)25(2)21(28)17(15-23)16-26-11-13-27(14-12-26)20-6-4-3-5-19(20)22/h3-6,16,18H,7-14H2,1-2H3/b17-16-. The van der Waals surface area contributed by atoms with E-state index < -0.39 is 0 Å². The van der Waals surface area contributed by atoms with Gasteiger partial charge >= 0.3 is 0 Å². The lowest BCUT2D eigenvalue weighted by atomic mass is 10.0. The van der Waals surface area contributed by atoms with Crippen LogP contribution in [0.25, 0.3) is 0 Å². The minimum atomic E-state index is -0.223. The summed E-state index contributed by atoms with van der Waals surface area (Å²) >= 11 is 0. The summed E-state index contributed by atoms with van der Waals surface area (Å²) in [6.07, 6.45) is 3.53. The second-order valence-corrected chi connectivity index (χ2v) is 7.58. The molecule has 2 saturated heterocycles. The Morgan fingerprint density at radius 3 is 2.43 bits per heavy atom. The topological polar surface area (TPSA) is 53.8 Å². The lowest BCUT2D eigenvalue weighted by Gasteiger charge is -2.36. The van der Waals surface area contributed by atoms with Crippen LogP contribution < -0.4 is 4.90 Å². The number of likely N-dealkylation sites (tertiary alicyclic amines) is 1. The molecule has 0 aliphatic carbocycles. The van der Waals surface area contributed by atoms with Gasteiger partial charge in [0.15, 0.2) is 0 Å². The van der Waals surface area contributed by atoms with Crippen LogP contribution in [-0.2, 0) is 4.79 Å². The van der Waals surface area contributed by atoms with E-state index in [1.807, 2.05) is 15.9 Å². The van der Waals surface area contributed by atoms with Crippen LogP contribution in [0.2, 0.25) is 0 Å². The first-order chi connectivity index (χ1) is 13.5. The number of piperazine rings is 1. The van der Waals surface area contributed by atoms with Crippen LogP contribution >= 0.6 is 0 Å². The molecule has 3 rings (SSSR count). The third kappa shape index (κ3) is 4.63. The first-order valence-corrected chi connectivity index (χ1v) is 9.80. The SMILES string of the molecule is CN1CCC(N(C)C(=O)/C(C#N)=C\N2CCN(c3ccccc3F)CC2)CC1. The minimum absolute atomic E-state index is 0.167. The van der Waals surface area contributed by atoms with E-state index in [0.717, 1.165) is 25.9 Å². The maximum Gasteiger partial charge on any atom is 0.265 e. The fourth-order valence-corrected chi connectivity index (χ4v) is 3.85. The number of piperidine rings is 1. The van der Waals surface area contributed by atoms with Crippen LogP contribution in [-0.4, -0.2) is 80.0 Å². The highest BCUT2D eigenvalue weighted by Crippen LogP contribution is 2.21. The van der Waals surface area contributed by atoms with Gasteiger partial charge in [-0.3, -0.25) is 4.79 Å². The molecule has 0 saturated carbocycles. The number of carbonyl (C=O) groups is 1. The van der Waals surface area contributed by atoms with Crippen molar-refractivity contribution in [1.29, 1.82) is 5.26 Å². The number of rotatable bonds is 4. The van der Waals surface area contributed by atoms with Gasteiger partial charge in [-0.05, 0) is 45.1 Å². The molecular weight excluding hydrogens is 357 g/mol. The van der Waals surface area contributed by atoms with Crippen LogP contribution in [0.3, 0.4) is 0 Å². The van der Waals surface area contributed by atoms with E-state index in [9.17, 15) is 14.4 Å². The summed E-state index contributed by atoms with van der Waals surface area (Å²) in [6, 6.07) is 9.01. The van der Waals surface area contributed by atoms with Gasteiger partial charge in [-0.1, -0.05) is 12.1 Å². The molecule has 0 radical (unpaired) electrons. The van der Waals surface area contributed by atoms with Crippen molar-refractivity contribution in [2.24, 2.45) is 0 Å². The molecule has 2 heterocycles. The number of hydrogen-bond acceptors (Lipinski definition) is 5. The van der Waals surface area contributed by atoms with Gasteiger partial charge in [0.05, 0.1) is 5.69 Å². The van der Waals surface area contributed by atoms with Gasteiger partial charge in [0.2, 0.25) is 0 Å². The van der Waals surface area contributed by atoms with Gasteiger partial charge in [-0.2, -0.15) is 5.26 Å². The van der Waals surface area contributed by atoms with E-state index in [1.165, 1.54) is 6.07 Å². The lowest BCUT2D eigenvalue weighted by Crippen LogP contribution is -2.46. The Balaban J connectivity index is 1.60. The lowest BCUT2D eigenvalue weighted by molar-refractivity contribution is -0.128. The quantitative estimate of drug-likeness (QED) is 0.585. The summed E-state index contributed by atoms with van der Waals surface area (Å²) in [4.78, 5) is 20.7. The van der Waals surface area contributed by atoms with Crippen molar-refractivity contribution in [2.75, 3.05) is 58.3 Å². The molecular formula is C21H28FN5O. The first kappa shape index (κ1) is 20.2. The molecule has 1 aromatic rings. The molecule has 0 aromatic heterocycles. The Kier molecular flexibility index (Phi) is 6.53. The summed E-state index contributed by atoms with van der Waals surface area (Å²) in [7, 11) is 3.87. The first-order valence-electron chi connectivity index (χ1n) is 9.80. The van der Waals surface area contributed by atoms with Crippen LogP contribution in [0.1, 0.15) is 12.8 Å². The molecule has 0 unspecified atom stereocenters. The number of nitrogens with zero attached hydrogens (tertiary/aromatic N) is 5. The van der Waals surface area contributed by atoms with Crippen molar-refractivity contribution in [2.45, 2.75) is 18.9 Å². The Hall–Kier alpha value is -2.59. The molecule has 1 amide bonds. The zero-order chi connectivity index (χ0) is 20.1. The number of hydrogen-bond donors (Lipinski definition) is 0. The van der Waals surface area contributed by atoms with E-state index >= 15 is 0 Å². The van der Waals surface area contributed by atoms with Gasteiger partial charge in [-0.15, -0.1) is 0 Å². The number of halogens is 1. The second kappa shape index (κ2) is 9.07. The van der Waals surface area contributed by atoms with Gasteiger partial charge in [0.25, 0.3) is 5.91 Å². The number of nitriles is 1. The molecule has 1 aromatic carbocycles. The zero-order valence-corrected chi connectivity index (χ0v) is 16.6. The number of carbonyl (C=O) groups excluding carboxylic acids is 1. The molecule has 2 aliphatic heterocycles. The molecule has 6 nitrogen and oxygen atoms in total. The molecule has 150 valence electrons. The number of likely N-dealkylation sites (N-methyl/N-ethyl adjacent to an activating group) is 1. The predicted molar refractivity (Wildman–Crippen MR) is 107 cm³/mol. The Morgan fingerprint density at radius 1 is 1.18 bits per heavy atom. The van der Waals surface area contributed by atoms with Crippen molar-refractivity contribution >= 4 is 11.6 Å². The number of anilines is 1. The van der Waals surface area contributed by atoms with Crippen LogP contribution in [0.15, 0.2) is 36.0 Å². The Morgan fingerprint density at radius 2 is 1.82 bits per heavy atom. The molecule has 0 N–H and O–H groups in total. The summed E-state index contributed by atoms with van der Waals surface area (Å²) in [5, 5.41) is 9.52. The van der Waals surface area contributed by atoms with Gasteiger partial charge in [0.1, 0.15) is 17.5 Å². The van der Waals surface area contributed by atoms with Crippen molar-refractivity contribution in [3.8, 4) is 6.07 Å². The third-order valence-electron chi connectivity index (χ3n) is 5.73. The van der Waals surface area contributed by atoms with E-state index in [4.69, 9.17) is 0 Å². The largest absolute Gasteiger partial charge is 0.373 e. The molecule has 0 spiro atoms. The van der Waals surface area contributed by atoms with Crippen molar-refractivity contribution in [3.05, 3.63) is 41.9 Å². The highest BCUT2D eigenvalue weighted by molar-refractivity contribution is 5.97. The zero-order valence-electron chi connectivity index (χ0n) is 16.6. The third-order valence-corrected chi connectivity index (χ3v) is 5.73. The van der Waals surface area contributed by atoms with Gasteiger partial charge < -0.3 is 19.6 Å². The van der Waals surface area contributed by atoms with Gasteiger partial charge in [0, 0.05) is 45.5 Å². The monoisotopic (exact) mass is 385 g/mol. The smallest absolute Gasteiger partial charge is 0.265 e. The van der Waals surface area contributed by atoms with Crippen LogP contribution in [0.4, 0.5) is 10.1 Å². The predicted octanol–water partition coefficient (Wildman–Crippen LogP) is 1.91. The van der Waals surface area contributed by atoms with Crippen LogP contribution in [0.5, 0.6) is 0 Å². The van der Waals surface area contributed by atoms with Crippen molar-refractivity contribution in [1.82, 2.24) is 14.7 Å². The molecule has 0 bridgehead atoms. The number of amides is 1. The fraction of sp³-hybridized carbons (Fsp3) is 0.524. The summed E-state index contributed by atoms with van der Waals surface area (Å²) in [6.45, 7) is 4.51. The molecule has 7 heteroatoms. The average molecular weight is 385 g/mol. The number of benzene rings is 1. The highest BCUT2D eigenvalue weighted by Gasteiger charge is 2.27. The molecule has 2 aliphatic rings. The normalized spacial score (nSPS) is 19.4. The highest BCUT2D eigenvalue weighted by atomic mass is 19.1. The van der Waals surface area contributed by atoms with E-state index in [0.29, 0.717) is 31.9 Å². The maximum absolute atomic E-state index is 14.0. The van der Waals surface area contributed by atoms with Gasteiger partial charge in [-0.25, -0.2) is 4.39 Å². The maximum atomic E-state index is 14.0. The fourth-order valence-electron chi connectivity index (χ4n) is 3.85. The van der Waals surface area contributed by atoms with E-state index in [-0.39, 0.29) is 23.3 Å². The Labute approximate surface area is 166 Å². The summed E-state index contributed by atoms with van der Waals surface area (Å²) in [5.41, 5.74) is 0.769. The Bertz CT molecular complexity index is 758. The summed E-state index contributed by atoms with van der Waals surface area (Å²) < 4.78 is 14.0. The number of para-hydroxylation sites is 1. The van der Waals surface area contributed by atoms with Crippen molar-refractivity contribution < 1.29 is 9.18 Å². The second-order valence-electron chi connectivity index (χ2n) is 7.58. The molecule has 28 heavy (non-hydrogen) atoms. The van der Waals surface area contributed by atoms with E-state index in [2.05, 4.69) is 18.0 Å². The molecule has 2 fully saturated rings. The van der Waals surface area contributed by atoms with Crippen LogP contribution in [0, 0.1) is 17.1 Å².